The number of rotatable bonds is 11. The lowest BCUT2D eigenvalue weighted by Gasteiger charge is -2.40. The van der Waals surface area contributed by atoms with Crippen LogP contribution in [0.3, 0.4) is 0 Å². The minimum absolute atomic E-state index is 0.0241. The molecule has 4 rings (SSSR count). The van der Waals surface area contributed by atoms with Crippen LogP contribution < -0.4 is 4.72 Å². The van der Waals surface area contributed by atoms with E-state index in [9.17, 15) is 31.2 Å². The Morgan fingerprint density at radius 2 is 1.62 bits per heavy atom. The number of ether oxygens (including phenoxy) is 2. The third-order valence-corrected chi connectivity index (χ3v) is 9.40. The first-order chi connectivity index (χ1) is 19.0. The second-order valence-corrected chi connectivity index (χ2v) is 13.1. The third kappa shape index (κ3) is 7.03. The van der Waals surface area contributed by atoms with Crippen molar-refractivity contribution in [3.05, 3.63) is 78.4 Å². The fourth-order valence-corrected chi connectivity index (χ4v) is 6.88. The predicted molar refractivity (Wildman–Crippen MR) is 145 cm³/mol. The standard InChI is InChI=1S/C27H28N2O9S2/c1-37-25(30)18-39(33,34)17-23(28-40(35,36)22-12-11-20-9-5-6-10-21(20)15-22)26(31)29-14-13-24(29)27(32)38-16-19-7-3-2-4-8-19/h2-12,15,23-24,28H,13-14,16-18H2,1H3. The van der Waals surface area contributed by atoms with Gasteiger partial charge in [0.2, 0.25) is 15.9 Å². The van der Waals surface area contributed by atoms with E-state index >= 15 is 0 Å². The number of esters is 2. The highest BCUT2D eigenvalue weighted by atomic mass is 32.2. The number of methoxy groups -OCH3 is 1. The first-order valence-electron chi connectivity index (χ1n) is 12.3. The lowest BCUT2D eigenvalue weighted by molar-refractivity contribution is -0.163. The van der Waals surface area contributed by atoms with Gasteiger partial charge in [-0.3, -0.25) is 9.59 Å². The maximum atomic E-state index is 13.5. The second kappa shape index (κ2) is 12.1. The van der Waals surface area contributed by atoms with Crippen molar-refractivity contribution in [1.29, 1.82) is 0 Å². The number of nitrogens with zero attached hydrogens (tertiary/aromatic N) is 1. The quantitative estimate of drug-likeness (QED) is 0.328. The molecule has 11 nitrogen and oxygen atoms in total. The van der Waals surface area contributed by atoms with Crippen LogP contribution in [-0.4, -0.2) is 76.8 Å². The van der Waals surface area contributed by atoms with Crippen molar-refractivity contribution in [3.63, 3.8) is 0 Å². The van der Waals surface area contributed by atoms with Gasteiger partial charge in [-0.25, -0.2) is 21.6 Å². The van der Waals surface area contributed by atoms with Gasteiger partial charge in [-0.05, 0) is 34.9 Å². The average Bonchev–Trinajstić information content (AvgIpc) is 2.90. The van der Waals surface area contributed by atoms with Crippen LogP contribution in [0.1, 0.15) is 12.0 Å². The summed E-state index contributed by atoms with van der Waals surface area (Å²) in [5.41, 5.74) is 0.739. The van der Waals surface area contributed by atoms with Crippen molar-refractivity contribution >= 4 is 48.5 Å². The first kappa shape index (κ1) is 29.2. The Morgan fingerprint density at radius 1 is 0.950 bits per heavy atom. The summed E-state index contributed by atoms with van der Waals surface area (Å²) in [6.07, 6.45) is 0.262. The minimum Gasteiger partial charge on any atom is -0.468 e. The van der Waals surface area contributed by atoms with Gasteiger partial charge in [-0.2, -0.15) is 4.72 Å². The molecule has 13 heteroatoms. The van der Waals surface area contributed by atoms with E-state index in [2.05, 4.69) is 9.46 Å². The summed E-state index contributed by atoms with van der Waals surface area (Å²) in [6, 6.07) is 17.4. The van der Waals surface area contributed by atoms with Crippen LogP contribution in [0.25, 0.3) is 10.8 Å². The highest BCUT2D eigenvalue weighted by molar-refractivity contribution is 7.92. The fraction of sp³-hybridized carbons (Fsp3) is 0.296. The van der Waals surface area contributed by atoms with Crippen LogP contribution in [0.15, 0.2) is 77.7 Å². The number of hydrogen-bond donors (Lipinski definition) is 1. The van der Waals surface area contributed by atoms with E-state index < -0.39 is 61.3 Å². The lowest BCUT2D eigenvalue weighted by Crippen LogP contribution is -2.62. The zero-order chi connectivity index (χ0) is 28.9. The number of carbonyl (C=O) groups excluding carboxylic acids is 3. The molecule has 2 atom stereocenters. The topological polar surface area (TPSA) is 153 Å². The van der Waals surface area contributed by atoms with Gasteiger partial charge >= 0.3 is 11.9 Å². The molecule has 1 aliphatic rings. The zero-order valence-corrected chi connectivity index (χ0v) is 23.2. The molecule has 0 spiro atoms. The van der Waals surface area contributed by atoms with E-state index in [1.54, 1.807) is 54.6 Å². The van der Waals surface area contributed by atoms with Crippen LogP contribution >= 0.6 is 0 Å². The number of carbonyl (C=O) groups is 3. The van der Waals surface area contributed by atoms with Gasteiger partial charge in [0.15, 0.2) is 9.84 Å². The molecule has 1 N–H and O–H groups in total. The van der Waals surface area contributed by atoms with E-state index in [0.29, 0.717) is 5.39 Å². The van der Waals surface area contributed by atoms with E-state index in [-0.39, 0.29) is 24.5 Å². The van der Waals surface area contributed by atoms with E-state index in [4.69, 9.17) is 4.74 Å². The molecular weight excluding hydrogens is 560 g/mol. The Bertz CT molecular complexity index is 1620. The van der Waals surface area contributed by atoms with Crippen molar-refractivity contribution in [1.82, 2.24) is 9.62 Å². The smallest absolute Gasteiger partial charge is 0.329 e. The van der Waals surface area contributed by atoms with Crippen LogP contribution in [0.5, 0.6) is 0 Å². The predicted octanol–water partition coefficient (Wildman–Crippen LogP) is 1.42. The number of fused-ring (bicyclic) bond motifs is 1. The van der Waals surface area contributed by atoms with Gasteiger partial charge in [0.1, 0.15) is 24.4 Å². The maximum absolute atomic E-state index is 13.5. The molecule has 3 aromatic carbocycles. The summed E-state index contributed by atoms with van der Waals surface area (Å²) in [6.45, 7) is 0.0684. The summed E-state index contributed by atoms with van der Waals surface area (Å²) in [5, 5.41) is 1.41. The van der Waals surface area contributed by atoms with Crippen molar-refractivity contribution in [2.75, 3.05) is 25.2 Å². The summed E-state index contributed by atoms with van der Waals surface area (Å²) in [4.78, 5) is 38.7. The molecule has 1 saturated heterocycles. The van der Waals surface area contributed by atoms with E-state index in [1.165, 1.54) is 12.1 Å². The first-order valence-corrected chi connectivity index (χ1v) is 15.6. The summed E-state index contributed by atoms with van der Waals surface area (Å²) >= 11 is 0. The second-order valence-electron chi connectivity index (χ2n) is 9.24. The van der Waals surface area contributed by atoms with Crippen molar-refractivity contribution in [2.24, 2.45) is 0 Å². The molecule has 0 saturated carbocycles. The molecule has 0 aromatic heterocycles. The Morgan fingerprint density at radius 3 is 2.27 bits per heavy atom. The SMILES string of the molecule is COC(=O)CS(=O)(=O)CC(NS(=O)(=O)c1ccc2ccccc2c1)C(=O)N1CCC1C(=O)OCc1ccccc1. The summed E-state index contributed by atoms with van der Waals surface area (Å²) in [5.74, 6) is -4.75. The molecule has 1 heterocycles. The number of sulfone groups is 1. The van der Waals surface area contributed by atoms with E-state index in [0.717, 1.165) is 23.0 Å². The number of hydrogen-bond acceptors (Lipinski definition) is 9. The monoisotopic (exact) mass is 588 g/mol. The Hall–Kier alpha value is -3.81. The largest absolute Gasteiger partial charge is 0.468 e. The molecule has 1 amide bonds. The highest BCUT2D eigenvalue weighted by Gasteiger charge is 2.43. The molecule has 1 aliphatic heterocycles. The third-order valence-electron chi connectivity index (χ3n) is 6.41. The molecule has 3 aromatic rings. The van der Waals surface area contributed by atoms with Gasteiger partial charge in [-0.15, -0.1) is 0 Å². The molecule has 1 fully saturated rings. The van der Waals surface area contributed by atoms with Gasteiger partial charge < -0.3 is 14.4 Å². The molecular formula is C27H28N2O9S2. The van der Waals surface area contributed by atoms with Gasteiger partial charge in [-0.1, -0.05) is 60.7 Å². The van der Waals surface area contributed by atoms with Crippen LogP contribution in [0.4, 0.5) is 0 Å². The van der Waals surface area contributed by atoms with Crippen molar-refractivity contribution in [2.45, 2.75) is 30.0 Å². The summed E-state index contributed by atoms with van der Waals surface area (Å²) in [7, 11) is -7.68. The molecule has 212 valence electrons. The van der Waals surface area contributed by atoms with Gasteiger partial charge in [0.25, 0.3) is 0 Å². The summed E-state index contributed by atoms with van der Waals surface area (Å²) < 4.78 is 64.0. The molecule has 0 aliphatic carbocycles. The highest BCUT2D eigenvalue weighted by Crippen LogP contribution is 2.23. The maximum Gasteiger partial charge on any atom is 0.329 e. The normalized spacial score (nSPS) is 16.1. The van der Waals surface area contributed by atoms with Crippen LogP contribution in [0, 0.1) is 0 Å². The Balaban J connectivity index is 1.55. The van der Waals surface area contributed by atoms with Gasteiger partial charge in [0, 0.05) is 6.54 Å². The average molecular weight is 589 g/mol. The number of likely N-dealkylation sites (tertiary alicyclic amines) is 1. The van der Waals surface area contributed by atoms with Crippen LogP contribution in [0.2, 0.25) is 0 Å². The zero-order valence-electron chi connectivity index (χ0n) is 21.6. The molecule has 40 heavy (non-hydrogen) atoms. The fourth-order valence-electron chi connectivity index (χ4n) is 4.22. The molecule has 0 radical (unpaired) electrons. The molecule has 0 bridgehead atoms. The minimum atomic E-state index is -4.40. The van der Waals surface area contributed by atoms with Crippen molar-refractivity contribution < 1.29 is 40.7 Å². The Labute approximate surface area is 232 Å². The Kier molecular flexibility index (Phi) is 8.86. The number of benzene rings is 3. The number of nitrogens with one attached hydrogen (secondary N) is 1. The lowest BCUT2D eigenvalue weighted by atomic mass is 10.0. The van der Waals surface area contributed by atoms with Crippen LogP contribution in [-0.2, 0) is 50.3 Å². The number of sulfonamides is 1. The van der Waals surface area contributed by atoms with E-state index in [1.807, 2.05) is 6.07 Å². The van der Waals surface area contributed by atoms with Gasteiger partial charge in [0.05, 0.1) is 17.8 Å². The molecule has 2 unspecified atom stereocenters. The van der Waals surface area contributed by atoms with Crippen molar-refractivity contribution in [3.8, 4) is 0 Å². The number of amides is 1.